The maximum absolute atomic E-state index is 13.1. The molecule has 0 bridgehead atoms. The van der Waals surface area contributed by atoms with Gasteiger partial charge in [0.1, 0.15) is 23.2 Å². The Morgan fingerprint density at radius 2 is 1.72 bits per heavy atom. The summed E-state index contributed by atoms with van der Waals surface area (Å²) in [5.74, 6) is -0.839. The van der Waals surface area contributed by atoms with E-state index in [9.17, 15) is 23.5 Å². The highest BCUT2D eigenvalue weighted by Gasteiger charge is 2.31. The van der Waals surface area contributed by atoms with E-state index in [-0.39, 0.29) is 28.5 Å². The van der Waals surface area contributed by atoms with Gasteiger partial charge in [0.15, 0.2) is 5.82 Å². The van der Waals surface area contributed by atoms with Crippen molar-refractivity contribution in [1.29, 1.82) is 5.26 Å². The first kappa shape index (κ1) is 19.9. The first-order valence-corrected chi connectivity index (χ1v) is 8.37. The number of phenols is 1. The second-order valence-electron chi connectivity index (χ2n) is 6.44. The van der Waals surface area contributed by atoms with Crippen molar-refractivity contribution in [2.75, 3.05) is 24.7 Å². The Balaban J connectivity index is 2.20. The molecule has 0 aliphatic carbocycles. The molecule has 0 radical (unpaired) electrons. The van der Waals surface area contributed by atoms with Crippen LogP contribution in [0.1, 0.15) is 11.1 Å². The molecular weight excluding hydrogens is 383 g/mol. The number of rotatable bonds is 3. The number of phenolic OH excluding ortho intramolecular Hbond substituents is 1. The van der Waals surface area contributed by atoms with Crippen LogP contribution in [0, 0.1) is 11.3 Å². The van der Waals surface area contributed by atoms with Crippen molar-refractivity contribution in [1.82, 2.24) is 9.97 Å². The molecule has 0 saturated carbocycles. The number of hydrogen-bond acceptors (Lipinski definition) is 6. The van der Waals surface area contributed by atoms with E-state index in [1.165, 1.54) is 0 Å². The second kappa shape index (κ2) is 7.31. The summed E-state index contributed by atoms with van der Waals surface area (Å²) in [6.07, 6.45) is -4.61. The molecule has 1 heterocycles. The first-order valence-electron chi connectivity index (χ1n) is 8.37. The molecule has 0 amide bonds. The minimum atomic E-state index is -4.61. The van der Waals surface area contributed by atoms with Crippen LogP contribution in [0.2, 0.25) is 0 Å². The van der Waals surface area contributed by atoms with Crippen LogP contribution in [0.4, 0.5) is 24.7 Å². The molecule has 6 nitrogen and oxygen atoms in total. The Morgan fingerprint density at radius 3 is 2.28 bits per heavy atom. The third-order valence-electron chi connectivity index (χ3n) is 4.27. The molecule has 29 heavy (non-hydrogen) atoms. The molecule has 9 heteroatoms. The van der Waals surface area contributed by atoms with Crippen molar-refractivity contribution >= 4 is 11.5 Å². The lowest BCUT2D eigenvalue weighted by molar-refractivity contribution is -0.137. The third-order valence-corrected chi connectivity index (χ3v) is 4.27. The summed E-state index contributed by atoms with van der Waals surface area (Å²) in [4.78, 5) is 10.1. The van der Waals surface area contributed by atoms with Gasteiger partial charge in [-0.05, 0) is 30.3 Å². The highest BCUT2D eigenvalue weighted by Crippen LogP contribution is 2.37. The number of benzene rings is 2. The number of nitrogens with two attached hydrogens (primary N) is 1. The van der Waals surface area contributed by atoms with Gasteiger partial charge in [0.25, 0.3) is 0 Å². The topological polar surface area (TPSA) is 99.1 Å². The molecule has 1 aromatic heterocycles. The van der Waals surface area contributed by atoms with Crippen LogP contribution in [0.5, 0.6) is 5.75 Å². The molecule has 0 atom stereocenters. The summed E-state index contributed by atoms with van der Waals surface area (Å²) in [5.41, 5.74) is 6.28. The van der Waals surface area contributed by atoms with Crippen LogP contribution in [-0.2, 0) is 6.18 Å². The average Bonchev–Trinajstić information content (AvgIpc) is 2.67. The van der Waals surface area contributed by atoms with Crippen LogP contribution in [-0.4, -0.2) is 29.2 Å². The molecular formula is C20H16F3N5O. The Kier molecular flexibility index (Phi) is 5.03. The van der Waals surface area contributed by atoms with E-state index < -0.39 is 17.5 Å². The van der Waals surface area contributed by atoms with E-state index in [1.54, 1.807) is 24.3 Å². The standard InChI is InChI=1S/C20H16F3N5O/c1-28(2)13-6-3-11(4-7-13)17-15(10-24)18(25)27-19(26-17)14-9-12(20(21,22)23)5-8-16(14)29/h3-9,29H,1-2H3,(H2,25,26,27). The van der Waals surface area contributed by atoms with Crippen LogP contribution >= 0.6 is 0 Å². The van der Waals surface area contributed by atoms with Gasteiger partial charge in [-0.3, -0.25) is 0 Å². The fraction of sp³-hybridized carbons (Fsp3) is 0.150. The molecule has 0 aliphatic rings. The van der Waals surface area contributed by atoms with E-state index in [4.69, 9.17) is 5.73 Å². The van der Waals surface area contributed by atoms with Crippen LogP contribution < -0.4 is 10.6 Å². The maximum atomic E-state index is 13.1. The summed E-state index contributed by atoms with van der Waals surface area (Å²) in [6.45, 7) is 0. The normalized spacial score (nSPS) is 11.2. The number of aromatic hydroxyl groups is 1. The van der Waals surface area contributed by atoms with Gasteiger partial charge in [0, 0.05) is 25.3 Å². The largest absolute Gasteiger partial charge is 0.507 e. The smallest absolute Gasteiger partial charge is 0.416 e. The quantitative estimate of drug-likeness (QED) is 0.689. The first-order chi connectivity index (χ1) is 13.6. The van der Waals surface area contributed by atoms with Crippen molar-refractivity contribution in [3.63, 3.8) is 0 Å². The molecule has 0 saturated heterocycles. The lowest BCUT2D eigenvalue weighted by atomic mass is 10.0. The number of hydrogen-bond donors (Lipinski definition) is 2. The number of halogens is 3. The minimum Gasteiger partial charge on any atom is -0.507 e. The summed E-state index contributed by atoms with van der Waals surface area (Å²) in [7, 11) is 3.74. The van der Waals surface area contributed by atoms with Gasteiger partial charge in [0.2, 0.25) is 0 Å². The monoisotopic (exact) mass is 399 g/mol. The SMILES string of the molecule is CN(C)c1ccc(-c2nc(-c3cc(C(F)(F)F)ccc3O)nc(N)c2C#N)cc1. The van der Waals surface area contributed by atoms with Gasteiger partial charge in [-0.1, -0.05) is 12.1 Å². The Labute approximate surface area is 164 Å². The Hall–Kier alpha value is -3.80. The predicted octanol–water partition coefficient (Wildman–Crippen LogP) is 4.05. The van der Waals surface area contributed by atoms with E-state index in [2.05, 4.69) is 9.97 Å². The van der Waals surface area contributed by atoms with E-state index in [1.807, 2.05) is 25.1 Å². The van der Waals surface area contributed by atoms with Gasteiger partial charge in [0.05, 0.1) is 16.8 Å². The molecule has 3 rings (SSSR count). The number of nitrogens with zero attached hydrogens (tertiary/aromatic N) is 4. The molecule has 0 spiro atoms. The van der Waals surface area contributed by atoms with Gasteiger partial charge in [-0.25, -0.2) is 9.97 Å². The van der Waals surface area contributed by atoms with Gasteiger partial charge in [-0.2, -0.15) is 18.4 Å². The maximum Gasteiger partial charge on any atom is 0.416 e. The van der Waals surface area contributed by atoms with Crippen molar-refractivity contribution in [3.8, 4) is 34.5 Å². The van der Waals surface area contributed by atoms with Crippen molar-refractivity contribution in [2.45, 2.75) is 6.18 Å². The average molecular weight is 399 g/mol. The molecule has 3 N–H and O–H groups in total. The summed E-state index contributed by atoms with van der Waals surface area (Å²) in [5, 5.41) is 19.5. The summed E-state index contributed by atoms with van der Waals surface area (Å²) >= 11 is 0. The number of aromatic nitrogens is 2. The summed E-state index contributed by atoms with van der Waals surface area (Å²) in [6, 6.07) is 11.4. The lowest BCUT2D eigenvalue weighted by Gasteiger charge is -2.14. The number of anilines is 2. The van der Waals surface area contributed by atoms with Crippen molar-refractivity contribution in [2.24, 2.45) is 0 Å². The zero-order valence-corrected chi connectivity index (χ0v) is 15.5. The molecule has 0 fully saturated rings. The molecule has 0 aliphatic heterocycles. The van der Waals surface area contributed by atoms with E-state index in [0.29, 0.717) is 5.56 Å². The minimum absolute atomic E-state index is 0.00202. The summed E-state index contributed by atoms with van der Waals surface area (Å²) < 4.78 is 39.2. The van der Waals surface area contributed by atoms with Crippen LogP contribution in [0.25, 0.3) is 22.6 Å². The Bertz CT molecular complexity index is 1100. The zero-order chi connectivity index (χ0) is 21.3. The highest BCUT2D eigenvalue weighted by atomic mass is 19.4. The second-order valence-corrected chi connectivity index (χ2v) is 6.44. The van der Waals surface area contributed by atoms with Crippen LogP contribution in [0.3, 0.4) is 0 Å². The van der Waals surface area contributed by atoms with Gasteiger partial charge < -0.3 is 15.7 Å². The van der Waals surface area contributed by atoms with Gasteiger partial charge >= 0.3 is 6.18 Å². The molecule has 2 aromatic carbocycles. The fourth-order valence-electron chi connectivity index (χ4n) is 2.73. The number of nitriles is 1. The van der Waals surface area contributed by atoms with Crippen LogP contribution in [0.15, 0.2) is 42.5 Å². The van der Waals surface area contributed by atoms with E-state index >= 15 is 0 Å². The number of alkyl halides is 3. The van der Waals surface area contributed by atoms with E-state index in [0.717, 1.165) is 23.9 Å². The molecule has 0 unspecified atom stereocenters. The molecule has 148 valence electrons. The fourth-order valence-corrected chi connectivity index (χ4v) is 2.73. The van der Waals surface area contributed by atoms with Crippen molar-refractivity contribution < 1.29 is 18.3 Å². The van der Waals surface area contributed by atoms with Gasteiger partial charge in [-0.15, -0.1) is 0 Å². The third kappa shape index (κ3) is 3.91. The highest BCUT2D eigenvalue weighted by molar-refractivity contribution is 5.77. The molecule has 3 aromatic rings. The predicted molar refractivity (Wildman–Crippen MR) is 103 cm³/mol. The lowest BCUT2D eigenvalue weighted by Crippen LogP contribution is -2.08. The Morgan fingerprint density at radius 1 is 1.07 bits per heavy atom. The number of nitrogen functional groups attached to an aromatic ring is 1. The van der Waals surface area contributed by atoms with Crippen molar-refractivity contribution in [3.05, 3.63) is 53.6 Å². The zero-order valence-electron chi connectivity index (χ0n) is 15.5.